The maximum atomic E-state index is 10.4. The summed E-state index contributed by atoms with van der Waals surface area (Å²) in [6, 6.07) is 7.94. The number of methoxy groups -OCH3 is 1. The molecule has 1 aliphatic rings. The van der Waals surface area contributed by atoms with E-state index in [9.17, 15) is 5.11 Å². The van der Waals surface area contributed by atoms with Gasteiger partial charge in [-0.25, -0.2) is 0 Å². The Labute approximate surface area is 114 Å². The largest absolute Gasteiger partial charge is 0.495 e. The number of rotatable bonds is 2. The van der Waals surface area contributed by atoms with Crippen LogP contribution in [0.1, 0.15) is 32.8 Å². The van der Waals surface area contributed by atoms with Crippen LogP contribution >= 0.6 is 0 Å². The van der Waals surface area contributed by atoms with E-state index in [4.69, 9.17) is 10.00 Å². The molecule has 0 spiro atoms. The van der Waals surface area contributed by atoms with Crippen molar-refractivity contribution in [2.45, 2.75) is 44.9 Å². The van der Waals surface area contributed by atoms with Crippen LogP contribution in [0.2, 0.25) is 0 Å². The second kappa shape index (κ2) is 4.75. The lowest BCUT2D eigenvalue weighted by molar-refractivity contribution is 0.0547. The molecule has 0 amide bonds. The molecule has 1 N–H and O–H groups in total. The van der Waals surface area contributed by atoms with Crippen molar-refractivity contribution < 1.29 is 9.84 Å². The number of hydrogen-bond acceptors (Lipinski definition) is 4. The Hall–Kier alpha value is -1.73. The first-order chi connectivity index (χ1) is 8.90. The fourth-order valence-corrected chi connectivity index (χ4v) is 2.96. The second-order valence-corrected chi connectivity index (χ2v) is 5.49. The summed E-state index contributed by atoms with van der Waals surface area (Å²) in [4.78, 5) is 2.18. The molecule has 1 heterocycles. The van der Waals surface area contributed by atoms with Gasteiger partial charge in [-0.1, -0.05) is 0 Å². The summed E-state index contributed by atoms with van der Waals surface area (Å²) >= 11 is 0. The zero-order valence-corrected chi connectivity index (χ0v) is 11.8. The standard InChI is InChI=1S/C15H20N2O2/c1-10-8-15(3,18)11(2)17(10)13-6-5-12(9-16)14(7-13)19-4/h5-7,10-11,18H,8H2,1-4H3/t10-,11+,15+/m1/s1. The van der Waals surface area contributed by atoms with Crippen LogP contribution in [0.25, 0.3) is 0 Å². The third-order valence-electron chi connectivity index (χ3n) is 4.10. The molecule has 1 aromatic carbocycles. The van der Waals surface area contributed by atoms with Crippen molar-refractivity contribution in [2.75, 3.05) is 12.0 Å². The third-order valence-corrected chi connectivity index (χ3v) is 4.10. The minimum absolute atomic E-state index is 0.0279. The highest BCUT2D eigenvalue weighted by molar-refractivity contribution is 5.59. The van der Waals surface area contributed by atoms with Crippen LogP contribution in [0.4, 0.5) is 5.69 Å². The number of anilines is 1. The van der Waals surface area contributed by atoms with E-state index in [1.807, 2.05) is 26.0 Å². The van der Waals surface area contributed by atoms with Crippen LogP contribution in [-0.2, 0) is 0 Å². The minimum Gasteiger partial charge on any atom is -0.495 e. The van der Waals surface area contributed by atoms with Gasteiger partial charge in [0.1, 0.15) is 11.8 Å². The molecule has 0 unspecified atom stereocenters. The molecule has 0 radical (unpaired) electrons. The van der Waals surface area contributed by atoms with Crippen molar-refractivity contribution >= 4 is 5.69 Å². The molecule has 3 atom stereocenters. The van der Waals surface area contributed by atoms with Crippen LogP contribution in [0, 0.1) is 11.3 Å². The van der Waals surface area contributed by atoms with Gasteiger partial charge in [0.15, 0.2) is 0 Å². The predicted molar refractivity (Wildman–Crippen MR) is 74.4 cm³/mol. The molecule has 4 nitrogen and oxygen atoms in total. The second-order valence-electron chi connectivity index (χ2n) is 5.49. The molecule has 19 heavy (non-hydrogen) atoms. The quantitative estimate of drug-likeness (QED) is 0.886. The molecule has 2 rings (SSSR count). The average Bonchev–Trinajstić information content (AvgIpc) is 2.57. The lowest BCUT2D eigenvalue weighted by Crippen LogP contribution is -2.41. The minimum atomic E-state index is -0.694. The summed E-state index contributed by atoms with van der Waals surface area (Å²) in [5.74, 6) is 0.575. The number of benzene rings is 1. The number of aliphatic hydroxyl groups is 1. The lowest BCUT2D eigenvalue weighted by atomic mass is 9.97. The Balaban J connectivity index is 2.40. The summed E-state index contributed by atoms with van der Waals surface area (Å²) in [6.07, 6.45) is 0.733. The first kappa shape index (κ1) is 13.7. The summed E-state index contributed by atoms with van der Waals surface area (Å²) in [5, 5.41) is 19.4. The highest BCUT2D eigenvalue weighted by Gasteiger charge is 2.43. The summed E-state index contributed by atoms with van der Waals surface area (Å²) < 4.78 is 5.25. The lowest BCUT2D eigenvalue weighted by Gasteiger charge is -2.32. The number of nitriles is 1. The third kappa shape index (κ3) is 2.26. The molecule has 1 aromatic rings. The topological polar surface area (TPSA) is 56.5 Å². The van der Waals surface area contributed by atoms with E-state index < -0.39 is 5.60 Å². The Morgan fingerprint density at radius 3 is 2.63 bits per heavy atom. The summed E-state index contributed by atoms with van der Waals surface area (Å²) in [5.41, 5.74) is 0.812. The first-order valence-electron chi connectivity index (χ1n) is 6.49. The van der Waals surface area contributed by atoms with Gasteiger partial charge < -0.3 is 14.7 Å². The number of ether oxygens (including phenoxy) is 1. The van der Waals surface area contributed by atoms with Gasteiger partial charge in [-0.15, -0.1) is 0 Å². The summed E-state index contributed by atoms with van der Waals surface area (Å²) in [6.45, 7) is 5.99. The predicted octanol–water partition coefficient (Wildman–Crippen LogP) is 2.30. The van der Waals surface area contributed by atoms with Crippen molar-refractivity contribution in [3.05, 3.63) is 23.8 Å². The van der Waals surface area contributed by atoms with Gasteiger partial charge in [0, 0.05) is 17.8 Å². The molecule has 0 aromatic heterocycles. The zero-order valence-electron chi connectivity index (χ0n) is 11.8. The molecular formula is C15H20N2O2. The van der Waals surface area contributed by atoms with Crippen LogP contribution in [0.3, 0.4) is 0 Å². The maximum Gasteiger partial charge on any atom is 0.138 e. The van der Waals surface area contributed by atoms with E-state index in [-0.39, 0.29) is 12.1 Å². The average molecular weight is 260 g/mol. The molecule has 4 heteroatoms. The van der Waals surface area contributed by atoms with E-state index in [0.29, 0.717) is 11.3 Å². The molecule has 1 saturated heterocycles. The van der Waals surface area contributed by atoms with Gasteiger partial charge in [0.2, 0.25) is 0 Å². The molecule has 0 bridgehead atoms. The molecule has 1 fully saturated rings. The van der Waals surface area contributed by atoms with Crippen molar-refractivity contribution in [1.82, 2.24) is 0 Å². The van der Waals surface area contributed by atoms with E-state index in [0.717, 1.165) is 12.1 Å². The fourth-order valence-electron chi connectivity index (χ4n) is 2.96. The Morgan fingerprint density at radius 1 is 1.47 bits per heavy atom. The van der Waals surface area contributed by atoms with Gasteiger partial charge in [0.05, 0.1) is 24.3 Å². The van der Waals surface area contributed by atoms with Crippen molar-refractivity contribution in [3.8, 4) is 11.8 Å². The zero-order chi connectivity index (χ0) is 14.2. The Bertz CT molecular complexity index is 519. The Morgan fingerprint density at radius 2 is 2.16 bits per heavy atom. The van der Waals surface area contributed by atoms with E-state index in [2.05, 4.69) is 17.9 Å². The Kier molecular flexibility index (Phi) is 3.42. The van der Waals surface area contributed by atoms with Gasteiger partial charge in [0.25, 0.3) is 0 Å². The van der Waals surface area contributed by atoms with E-state index in [1.165, 1.54) is 0 Å². The van der Waals surface area contributed by atoms with Crippen LogP contribution < -0.4 is 9.64 Å². The number of nitrogens with zero attached hydrogens (tertiary/aromatic N) is 2. The van der Waals surface area contributed by atoms with Crippen LogP contribution in [0.15, 0.2) is 18.2 Å². The van der Waals surface area contributed by atoms with Gasteiger partial charge in [-0.3, -0.25) is 0 Å². The van der Waals surface area contributed by atoms with E-state index in [1.54, 1.807) is 13.2 Å². The van der Waals surface area contributed by atoms with Gasteiger partial charge >= 0.3 is 0 Å². The van der Waals surface area contributed by atoms with Crippen LogP contribution in [0.5, 0.6) is 5.75 Å². The smallest absolute Gasteiger partial charge is 0.138 e. The maximum absolute atomic E-state index is 10.4. The normalized spacial score (nSPS) is 30.2. The highest BCUT2D eigenvalue weighted by Crippen LogP contribution is 2.38. The molecule has 1 aliphatic heterocycles. The number of hydrogen-bond donors (Lipinski definition) is 1. The van der Waals surface area contributed by atoms with Gasteiger partial charge in [-0.2, -0.15) is 5.26 Å². The highest BCUT2D eigenvalue weighted by atomic mass is 16.5. The monoisotopic (exact) mass is 260 g/mol. The molecular weight excluding hydrogens is 240 g/mol. The first-order valence-corrected chi connectivity index (χ1v) is 6.49. The van der Waals surface area contributed by atoms with Gasteiger partial charge in [-0.05, 0) is 39.3 Å². The molecule has 102 valence electrons. The van der Waals surface area contributed by atoms with Crippen molar-refractivity contribution in [2.24, 2.45) is 0 Å². The molecule has 0 saturated carbocycles. The SMILES string of the molecule is COc1cc(N2[C@H](C)C[C@](C)(O)[C@@H]2C)ccc1C#N. The van der Waals surface area contributed by atoms with E-state index >= 15 is 0 Å². The molecule has 0 aliphatic carbocycles. The van der Waals surface area contributed by atoms with Crippen LogP contribution in [-0.4, -0.2) is 29.9 Å². The van der Waals surface area contributed by atoms with Crippen molar-refractivity contribution in [1.29, 1.82) is 5.26 Å². The van der Waals surface area contributed by atoms with Crippen molar-refractivity contribution in [3.63, 3.8) is 0 Å². The fraction of sp³-hybridized carbons (Fsp3) is 0.533. The summed E-state index contributed by atoms with van der Waals surface area (Å²) in [7, 11) is 1.56.